The minimum Gasteiger partial charge on any atom is -0.455 e. The van der Waals surface area contributed by atoms with E-state index in [0.29, 0.717) is 0 Å². The van der Waals surface area contributed by atoms with Crippen molar-refractivity contribution in [2.24, 2.45) is 0 Å². The van der Waals surface area contributed by atoms with Crippen LogP contribution in [-0.4, -0.2) is 18.1 Å². The molecule has 2 radical (unpaired) electrons. The van der Waals surface area contributed by atoms with Gasteiger partial charge < -0.3 is 4.12 Å². The van der Waals surface area contributed by atoms with Gasteiger partial charge in [-0.3, -0.25) is 0 Å². The number of hydrogen-bond donors (Lipinski definition) is 0. The molecular weight excluding hydrogens is 216 g/mol. The molecule has 0 aromatic carbocycles. The Balaban J connectivity index is 1.82. The highest BCUT2D eigenvalue weighted by atomic mass is 28.4. The molecule has 0 aliphatic carbocycles. The van der Waals surface area contributed by atoms with Crippen LogP contribution in [0, 0.1) is 0 Å². The van der Waals surface area contributed by atoms with Crippen LogP contribution in [0.1, 0.15) is 27.7 Å². The lowest BCUT2D eigenvalue weighted by Gasteiger charge is -2.15. The first-order chi connectivity index (χ1) is 7.06. The molecule has 0 fully saturated rings. The maximum Gasteiger partial charge on any atom is 0.206 e. The van der Waals surface area contributed by atoms with Crippen LogP contribution in [-0.2, 0) is 4.12 Å². The lowest BCUT2D eigenvalue weighted by Crippen LogP contribution is -2.25. The van der Waals surface area contributed by atoms with Gasteiger partial charge in [-0.2, -0.15) is 0 Å². The Morgan fingerprint density at radius 3 is 1.20 bits per heavy atom. The maximum atomic E-state index is 6.37. The molecule has 2 aliphatic rings. The third-order valence-corrected chi connectivity index (χ3v) is 9.60. The van der Waals surface area contributed by atoms with Crippen LogP contribution >= 0.6 is 0 Å². The van der Waals surface area contributed by atoms with E-state index in [0.717, 1.165) is 0 Å². The average molecular weight is 236 g/mol. The molecule has 0 atom stereocenters. The maximum absolute atomic E-state index is 6.37. The molecule has 2 aliphatic heterocycles. The summed E-state index contributed by atoms with van der Waals surface area (Å²) in [5, 5.41) is 0. The third-order valence-electron chi connectivity index (χ3n) is 3.60. The Hall–Kier alpha value is -0.126. The second-order valence-electron chi connectivity index (χ2n) is 5.01. The topological polar surface area (TPSA) is 9.23 Å². The molecule has 0 bridgehead atoms. The van der Waals surface area contributed by atoms with Crippen molar-refractivity contribution in [3.8, 4) is 0 Å². The van der Waals surface area contributed by atoms with Gasteiger partial charge >= 0.3 is 0 Å². The van der Waals surface area contributed by atoms with Crippen molar-refractivity contribution in [3.63, 3.8) is 0 Å². The fourth-order valence-corrected chi connectivity index (χ4v) is 8.87. The molecule has 2 heterocycles. The van der Waals surface area contributed by atoms with Crippen LogP contribution in [0.15, 0.2) is 22.3 Å². The quantitative estimate of drug-likeness (QED) is 0.525. The predicted molar refractivity (Wildman–Crippen MR) is 68.6 cm³/mol. The molecule has 0 aromatic rings. The lowest BCUT2D eigenvalue weighted by atomic mass is 10.2. The molecule has 0 amide bonds. The second-order valence-corrected chi connectivity index (χ2v) is 9.39. The van der Waals surface area contributed by atoms with E-state index >= 15 is 0 Å². The zero-order valence-corrected chi connectivity index (χ0v) is 12.2. The van der Waals surface area contributed by atoms with E-state index in [4.69, 9.17) is 4.12 Å². The van der Waals surface area contributed by atoms with Gasteiger partial charge in [-0.15, -0.1) is 0 Å². The first-order valence-electron chi connectivity index (χ1n) is 5.74. The standard InChI is InChI=1S/C12H20OSi2/c1-9-5-14(6-10(9)2)13-15-7-11(3)12(4)8-15/h5-8H2,1-4H3. The molecular formula is C12H20OSi2. The summed E-state index contributed by atoms with van der Waals surface area (Å²) in [6.07, 6.45) is 0. The van der Waals surface area contributed by atoms with Gasteiger partial charge in [0.2, 0.25) is 18.1 Å². The first-order valence-corrected chi connectivity index (χ1v) is 9.38. The summed E-state index contributed by atoms with van der Waals surface area (Å²) in [5.74, 6) is 0. The van der Waals surface area contributed by atoms with Gasteiger partial charge in [0.1, 0.15) is 0 Å². The molecule has 0 saturated heterocycles. The second kappa shape index (κ2) is 4.39. The predicted octanol–water partition coefficient (Wildman–Crippen LogP) is 3.69. The molecule has 82 valence electrons. The zero-order valence-electron chi connectivity index (χ0n) is 10.2. The minimum atomic E-state index is -0.494. The van der Waals surface area contributed by atoms with Gasteiger partial charge in [-0.1, -0.05) is 22.3 Å². The molecule has 0 N–H and O–H groups in total. The van der Waals surface area contributed by atoms with E-state index in [-0.39, 0.29) is 0 Å². The van der Waals surface area contributed by atoms with Crippen LogP contribution in [0.25, 0.3) is 0 Å². The van der Waals surface area contributed by atoms with Gasteiger partial charge in [-0.25, -0.2) is 0 Å². The van der Waals surface area contributed by atoms with E-state index in [1.807, 2.05) is 0 Å². The molecule has 15 heavy (non-hydrogen) atoms. The highest BCUT2D eigenvalue weighted by molar-refractivity contribution is 6.68. The molecule has 1 nitrogen and oxygen atoms in total. The third kappa shape index (κ3) is 2.52. The molecule has 3 heteroatoms. The fourth-order valence-electron chi connectivity index (χ4n) is 2.26. The van der Waals surface area contributed by atoms with E-state index in [2.05, 4.69) is 27.7 Å². The van der Waals surface area contributed by atoms with Crippen LogP contribution in [0.5, 0.6) is 0 Å². The molecule has 2 rings (SSSR count). The van der Waals surface area contributed by atoms with Gasteiger partial charge in [0.25, 0.3) is 0 Å². The van der Waals surface area contributed by atoms with Crippen molar-refractivity contribution in [2.75, 3.05) is 0 Å². The summed E-state index contributed by atoms with van der Waals surface area (Å²) in [6, 6.07) is 5.12. The van der Waals surface area contributed by atoms with Crippen molar-refractivity contribution in [1.29, 1.82) is 0 Å². The Labute approximate surface area is 96.7 Å². The van der Waals surface area contributed by atoms with E-state index in [9.17, 15) is 0 Å². The van der Waals surface area contributed by atoms with E-state index in [1.165, 1.54) is 24.2 Å². The van der Waals surface area contributed by atoms with Crippen molar-refractivity contribution < 1.29 is 4.12 Å². The lowest BCUT2D eigenvalue weighted by molar-refractivity contribution is 0.591. The number of hydrogen-bond acceptors (Lipinski definition) is 1. The Bertz CT molecular complexity index is 271. The van der Waals surface area contributed by atoms with Crippen LogP contribution < -0.4 is 0 Å². The minimum absolute atomic E-state index is 0.494. The Kier molecular flexibility index (Phi) is 3.33. The highest BCUT2D eigenvalue weighted by Crippen LogP contribution is 2.32. The molecule has 0 aromatic heterocycles. The largest absolute Gasteiger partial charge is 0.455 e. The van der Waals surface area contributed by atoms with Crippen LogP contribution in [0.3, 0.4) is 0 Å². The van der Waals surface area contributed by atoms with Crippen LogP contribution in [0.2, 0.25) is 24.2 Å². The highest BCUT2D eigenvalue weighted by Gasteiger charge is 2.29. The smallest absolute Gasteiger partial charge is 0.206 e. The molecule has 0 spiro atoms. The summed E-state index contributed by atoms with van der Waals surface area (Å²) in [4.78, 5) is 0. The Morgan fingerprint density at radius 2 is 0.933 bits per heavy atom. The van der Waals surface area contributed by atoms with Gasteiger partial charge in [0.15, 0.2) is 0 Å². The van der Waals surface area contributed by atoms with Gasteiger partial charge in [0, 0.05) is 0 Å². The molecule has 0 unspecified atom stereocenters. The van der Waals surface area contributed by atoms with Gasteiger partial charge in [0.05, 0.1) is 0 Å². The SMILES string of the molecule is CC1=C(C)C[Si](O[Si]2CC(C)=C(C)C2)C1. The Morgan fingerprint density at radius 1 is 0.667 bits per heavy atom. The summed E-state index contributed by atoms with van der Waals surface area (Å²) in [5.41, 5.74) is 6.41. The first kappa shape index (κ1) is 11.4. The number of rotatable bonds is 2. The normalized spacial score (nSPS) is 24.8. The van der Waals surface area contributed by atoms with Crippen molar-refractivity contribution in [2.45, 2.75) is 51.9 Å². The fraction of sp³-hybridized carbons (Fsp3) is 0.667. The van der Waals surface area contributed by atoms with Crippen molar-refractivity contribution in [1.82, 2.24) is 0 Å². The summed E-state index contributed by atoms with van der Waals surface area (Å²) >= 11 is 0. The van der Waals surface area contributed by atoms with Gasteiger partial charge in [-0.05, 0) is 51.9 Å². The van der Waals surface area contributed by atoms with Crippen molar-refractivity contribution in [3.05, 3.63) is 22.3 Å². The molecule has 0 saturated carbocycles. The van der Waals surface area contributed by atoms with E-state index in [1.54, 1.807) is 22.3 Å². The van der Waals surface area contributed by atoms with E-state index < -0.39 is 18.1 Å². The summed E-state index contributed by atoms with van der Waals surface area (Å²) in [6.45, 7) is 9.10. The summed E-state index contributed by atoms with van der Waals surface area (Å²) in [7, 11) is -0.988. The van der Waals surface area contributed by atoms with Crippen molar-refractivity contribution >= 4 is 18.1 Å². The number of allylic oxidation sites excluding steroid dienone is 4. The summed E-state index contributed by atoms with van der Waals surface area (Å²) < 4.78 is 6.37. The zero-order chi connectivity index (χ0) is 11.0. The van der Waals surface area contributed by atoms with Crippen LogP contribution in [0.4, 0.5) is 0 Å². The average Bonchev–Trinajstić information content (AvgIpc) is 2.59. The monoisotopic (exact) mass is 236 g/mol.